The molecule has 0 fully saturated rings. The van der Waals surface area contributed by atoms with Crippen LogP contribution in [0.25, 0.3) is 0 Å². The number of nitrogens with zero attached hydrogens (tertiary/aromatic N) is 1. The van der Waals surface area contributed by atoms with Gasteiger partial charge in [-0.2, -0.15) is 0 Å². The molecule has 1 amide bonds. The molecule has 4 nitrogen and oxygen atoms in total. The molecule has 1 aromatic carbocycles. The van der Waals surface area contributed by atoms with Gasteiger partial charge in [0.05, 0.1) is 20.2 Å². The highest BCUT2D eigenvalue weighted by atomic mass is 16.5. The van der Waals surface area contributed by atoms with E-state index in [2.05, 4.69) is 49.8 Å². The van der Waals surface area contributed by atoms with Crippen molar-refractivity contribution in [2.24, 2.45) is 0 Å². The van der Waals surface area contributed by atoms with Crippen LogP contribution in [0.2, 0.25) is 0 Å². The van der Waals surface area contributed by atoms with E-state index in [4.69, 9.17) is 4.74 Å². The van der Waals surface area contributed by atoms with E-state index in [1.807, 2.05) is 24.3 Å². The van der Waals surface area contributed by atoms with Crippen molar-refractivity contribution in [2.75, 3.05) is 20.2 Å². The molecule has 4 heteroatoms. The molecule has 24 heavy (non-hydrogen) atoms. The van der Waals surface area contributed by atoms with E-state index in [1.54, 1.807) is 7.11 Å². The largest absolute Gasteiger partial charge is 0.497 e. The number of carbonyl (C=O) groups excluding carboxylic acids is 1. The Balaban J connectivity index is 2.28. The maximum atomic E-state index is 11.8. The predicted octanol–water partition coefficient (Wildman–Crippen LogP) is 2.87. The quantitative estimate of drug-likeness (QED) is 0.745. The van der Waals surface area contributed by atoms with Gasteiger partial charge in [-0.15, -0.1) is 0 Å². The average molecular weight is 330 g/mol. The first kappa shape index (κ1) is 20.1. The molecule has 0 saturated carbocycles. The van der Waals surface area contributed by atoms with Crippen molar-refractivity contribution in [1.29, 1.82) is 0 Å². The Labute approximate surface area is 146 Å². The summed E-state index contributed by atoms with van der Waals surface area (Å²) in [6.07, 6.45) is 1.19. The minimum atomic E-state index is 0.0321. The molecule has 0 radical (unpaired) electrons. The number of methoxy groups -OCH3 is 1. The van der Waals surface area contributed by atoms with Crippen LogP contribution >= 0.6 is 0 Å². The molecule has 0 atom stereocenters. The van der Waals surface area contributed by atoms with E-state index in [0.29, 0.717) is 25.0 Å². The van der Waals surface area contributed by atoms with E-state index in [-0.39, 0.29) is 5.91 Å². The van der Waals surface area contributed by atoms with Crippen LogP contribution in [-0.2, 0) is 11.2 Å². The lowest BCUT2D eigenvalue weighted by Crippen LogP contribution is -2.37. The minimum absolute atomic E-state index is 0.0321. The molecule has 0 saturated heterocycles. The maximum Gasteiger partial charge on any atom is 0.221 e. The maximum absolute atomic E-state index is 11.8. The lowest BCUT2D eigenvalue weighted by atomic mass is 10.1. The van der Waals surface area contributed by atoms with Gasteiger partial charge in [0.15, 0.2) is 0 Å². The second-order valence-electron chi connectivity index (χ2n) is 6.34. The number of benzene rings is 1. The Hall–Kier alpha value is -1.99. The Morgan fingerprint density at radius 2 is 1.75 bits per heavy atom. The van der Waals surface area contributed by atoms with Crippen LogP contribution in [0.15, 0.2) is 24.3 Å². The first-order valence-electron chi connectivity index (χ1n) is 8.55. The third kappa shape index (κ3) is 7.52. The average Bonchev–Trinajstić information content (AvgIpc) is 2.55. The van der Waals surface area contributed by atoms with Crippen molar-refractivity contribution in [2.45, 2.75) is 52.6 Å². The van der Waals surface area contributed by atoms with E-state index in [9.17, 15) is 4.79 Å². The summed E-state index contributed by atoms with van der Waals surface area (Å²) in [5, 5.41) is 2.85. The number of hydrogen-bond donors (Lipinski definition) is 1. The topological polar surface area (TPSA) is 41.6 Å². The van der Waals surface area contributed by atoms with Crippen LogP contribution in [0.5, 0.6) is 5.75 Å². The van der Waals surface area contributed by atoms with E-state index in [0.717, 1.165) is 24.3 Å². The third-order valence-corrected chi connectivity index (χ3v) is 3.89. The van der Waals surface area contributed by atoms with E-state index < -0.39 is 0 Å². The molecule has 0 spiro atoms. The van der Waals surface area contributed by atoms with Crippen molar-refractivity contribution < 1.29 is 9.53 Å². The van der Waals surface area contributed by atoms with Crippen LogP contribution in [0, 0.1) is 11.8 Å². The molecule has 0 unspecified atom stereocenters. The second-order valence-corrected chi connectivity index (χ2v) is 6.34. The van der Waals surface area contributed by atoms with Gasteiger partial charge in [-0.05, 0) is 51.8 Å². The summed E-state index contributed by atoms with van der Waals surface area (Å²) in [6.45, 7) is 9.82. The number of rotatable bonds is 8. The fourth-order valence-electron chi connectivity index (χ4n) is 2.45. The van der Waals surface area contributed by atoms with Gasteiger partial charge in [-0.1, -0.05) is 24.0 Å². The van der Waals surface area contributed by atoms with Crippen LogP contribution in [-0.4, -0.2) is 43.1 Å². The highest BCUT2D eigenvalue weighted by Gasteiger charge is 2.10. The summed E-state index contributed by atoms with van der Waals surface area (Å²) in [5.41, 5.74) is 1.13. The lowest BCUT2D eigenvalue weighted by Gasteiger charge is -2.28. The van der Waals surface area contributed by atoms with Gasteiger partial charge in [0.25, 0.3) is 0 Å². The Kier molecular flexibility index (Phi) is 8.96. The van der Waals surface area contributed by atoms with Gasteiger partial charge < -0.3 is 10.1 Å². The van der Waals surface area contributed by atoms with Crippen LogP contribution in [0.1, 0.15) is 39.7 Å². The van der Waals surface area contributed by atoms with Crippen LogP contribution < -0.4 is 10.1 Å². The molecule has 1 aromatic rings. The number of amides is 1. The Morgan fingerprint density at radius 3 is 2.29 bits per heavy atom. The zero-order chi connectivity index (χ0) is 17.9. The fourth-order valence-corrected chi connectivity index (χ4v) is 2.45. The van der Waals surface area contributed by atoms with Gasteiger partial charge in [0, 0.05) is 18.5 Å². The molecule has 0 bridgehead atoms. The number of aryl methyl sites for hydroxylation is 1. The number of carbonyl (C=O) groups is 1. The molecule has 0 aliphatic carbocycles. The number of hydrogen-bond acceptors (Lipinski definition) is 3. The SMILES string of the molecule is COc1ccc(CCC(=O)NCC#CCN(C(C)C)C(C)C)cc1. The molecule has 1 N–H and O–H groups in total. The van der Waals surface area contributed by atoms with Crippen LogP contribution in [0.4, 0.5) is 0 Å². The molecule has 132 valence electrons. The minimum Gasteiger partial charge on any atom is -0.497 e. The predicted molar refractivity (Wildman–Crippen MR) is 99.1 cm³/mol. The molecular weight excluding hydrogens is 300 g/mol. The van der Waals surface area contributed by atoms with E-state index >= 15 is 0 Å². The molecule has 1 rings (SSSR count). The highest BCUT2D eigenvalue weighted by molar-refractivity contribution is 5.76. The summed E-state index contributed by atoms with van der Waals surface area (Å²) >= 11 is 0. The Bertz CT molecular complexity index is 545. The molecule has 0 aliphatic rings. The smallest absolute Gasteiger partial charge is 0.221 e. The van der Waals surface area contributed by atoms with Crippen molar-refractivity contribution in [3.05, 3.63) is 29.8 Å². The van der Waals surface area contributed by atoms with Gasteiger partial charge in [0.1, 0.15) is 5.75 Å². The normalized spacial score (nSPS) is 10.7. The number of ether oxygens (including phenoxy) is 1. The summed E-state index contributed by atoms with van der Waals surface area (Å²) in [4.78, 5) is 14.2. The standard InChI is InChI=1S/C20H30N2O2/c1-16(2)22(17(3)4)15-7-6-14-21-20(23)13-10-18-8-11-19(24-5)12-9-18/h8-9,11-12,16-17H,10,13-15H2,1-5H3,(H,21,23). The van der Waals surface area contributed by atoms with Gasteiger partial charge in [0.2, 0.25) is 5.91 Å². The molecule has 0 heterocycles. The zero-order valence-electron chi connectivity index (χ0n) is 15.6. The van der Waals surface area contributed by atoms with Crippen LogP contribution in [0.3, 0.4) is 0 Å². The van der Waals surface area contributed by atoms with Crippen molar-refractivity contribution in [3.63, 3.8) is 0 Å². The van der Waals surface area contributed by atoms with Gasteiger partial charge >= 0.3 is 0 Å². The summed E-state index contributed by atoms with van der Waals surface area (Å²) in [6, 6.07) is 8.73. The van der Waals surface area contributed by atoms with Gasteiger partial charge in [-0.25, -0.2) is 0 Å². The molecule has 0 aliphatic heterocycles. The summed E-state index contributed by atoms with van der Waals surface area (Å²) in [5.74, 6) is 7.03. The third-order valence-electron chi connectivity index (χ3n) is 3.89. The lowest BCUT2D eigenvalue weighted by molar-refractivity contribution is -0.120. The summed E-state index contributed by atoms with van der Waals surface area (Å²) in [7, 11) is 1.64. The number of nitrogens with one attached hydrogen (secondary N) is 1. The Morgan fingerprint density at radius 1 is 1.12 bits per heavy atom. The van der Waals surface area contributed by atoms with Crippen molar-refractivity contribution in [3.8, 4) is 17.6 Å². The molecule has 0 aromatic heterocycles. The van der Waals surface area contributed by atoms with E-state index in [1.165, 1.54) is 0 Å². The van der Waals surface area contributed by atoms with Crippen molar-refractivity contribution in [1.82, 2.24) is 10.2 Å². The molecular formula is C20H30N2O2. The van der Waals surface area contributed by atoms with Crippen molar-refractivity contribution >= 4 is 5.91 Å². The second kappa shape index (κ2) is 10.7. The fraction of sp³-hybridized carbons (Fsp3) is 0.550. The zero-order valence-corrected chi connectivity index (χ0v) is 15.6. The van der Waals surface area contributed by atoms with Gasteiger partial charge in [-0.3, -0.25) is 9.69 Å². The highest BCUT2D eigenvalue weighted by Crippen LogP contribution is 2.12. The first-order valence-corrected chi connectivity index (χ1v) is 8.55. The first-order chi connectivity index (χ1) is 11.4. The summed E-state index contributed by atoms with van der Waals surface area (Å²) < 4.78 is 5.12. The monoisotopic (exact) mass is 330 g/mol.